The molecule has 1 heterocycles. The summed E-state index contributed by atoms with van der Waals surface area (Å²) < 4.78 is 4.50. The molecule has 1 aromatic rings. The van der Waals surface area contributed by atoms with Gasteiger partial charge in [0.1, 0.15) is 4.88 Å². The van der Waals surface area contributed by atoms with Crippen LogP contribution in [0.2, 0.25) is 0 Å². The first kappa shape index (κ1) is 7.43. The molecule has 5 heteroatoms. The lowest BCUT2D eigenvalue weighted by molar-refractivity contribution is 0.112. The Kier molecular flexibility index (Phi) is 2.18. The van der Waals surface area contributed by atoms with E-state index in [4.69, 9.17) is 0 Å². The van der Waals surface area contributed by atoms with Gasteiger partial charge in [0.05, 0.1) is 7.11 Å². The maximum Gasteiger partial charge on any atom is 0.285 e. The summed E-state index contributed by atoms with van der Waals surface area (Å²) in [6.07, 6.45) is 0.626. The summed E-state index contributed by atoms with van der Waals surface area (Å²) in [7, 11) is 3.53. The van der Waals surface area contributed by atoms with E-state index in [9.17, 15) is 9.59 Å². The van der Waals surface area contributed by atoms with Crippen LogP contribution in [-0.2, 0) is 0 Å². The molecule has 1 aromatic heterocycles. The molecule has 0 atom stereocenters. The third-order valence-corrected chi connectivity index (χ3v) is 3.05. The van der Waals surface area contributed by atoms with Crippen molar-refractivity contribution in [3.8, 4) is 5.75 Å². The van der Waals surface area contributed by atoms with Gasteiger partial charge in [0.15, 0.2) is 12.0 Å². The number of hydrogen-bond acceptors (Lipinski definition) is 5. The molecule has 0 fully saturated rings. The van der Waals surface area contributed by atoms with Gasteiger partial charge >= 0.3 is 0 Å². The molecule has 0 N–H and O–H groups in total. The van der Waals surface area contributed by atoms with Crippen molar-refractivity contribution in [1.29, 1.82) is 0 Å². The first-order valence-electron chi connectivity index (χ1n) is 2.42. The molecule has 10 heavy (non-hydrogen) atoms. The van der Waals surface area contributed by atoms with Gasteiger partial charge in [-0.25, -0.2) is 0 Å². The van der Waals surface area contributed by atoms with Crippen LogP contribution >= 0.6 is 20.7 Å². The summed E-state index contributed by atoms with van der Waals surface area (Å²) in [5.41, 5.74) is 0. The molecule has 0 amide bonds. The Hall–Kier alpha value is -0.680. The minimum Gasteiger partial charge on any atom is -0.490 e. The number of aldehydes is 1. The molecule has 0 spiro atoms. The molecule has 54 valence electrons. The van der Waals surface area contributed by atoms with Gasteiger partial charge in [0.25, 0.3) is 4.74 Å². The summed E-state index contributed by atoms with van der Waals surface area (Å²) in [4.78, 5) is 21.3. The lowest BCUT2D eigenvalue weighted by atomic mass is 10.5. The van der Waals surface area contributed by atoms with Crippen molar-refractivity contribution in [3.63, 3.8) is 0 Å². The number of ether oxygens (including phenoxy) is 1. The summed E-state index contributed by atoms with van der Waals surface area (Å²) in [6, 6.07) is 0. The van der Waals surface area contributed by atoms with Crippen molar-refractivity contribution < 1.29 is 9.53 Å². The molecule has 0 radical (unpaired) electrons. The Morgan fingerprint density at radius 3 is 2.60 bits per heavy atom. The van der Waals surface area contributed by atoms with Crippen LogP contribution < -0.4 is 9.48 Å². The fourth-order valence-corrected chi connectivity index (χ4v) is 2.37. The summed E-state index contributed by atoms with van der Waals surface area (Å²) in [5.74, 6) is 0.171. The zero-order valence-corrected chi connectivity index (χ0v) is 6.75. The Morgan fingerprint density at radius 2 is 2.20 bits per heavy atom. The van der Waals surface area contributed by atoms with E-state index in [2.05, 4.69) is 4.74 Å². The topological polar surface area (TPSA) is 43.4 Å². The fraction of sp³-hybridized carbons (Fsp3) is 0.200. The Morgan fingerprint density at radius 1 is 1.50 bits per heavy atom. The first-order chi connectivity index (χ1) is 4.79. The van der Waals surface area contributed by atoms with Crippen LogP contribution in [-0.4, -0.2) is 13.4 Å². The van der Waals surface area contributed by atoms with Gasteiger partial charge in [-0.15, -0.1) is 0 Å². The molecule has 0 aromatic carbocycles. The maximum atomic E-state index is 10.8. The number of methoxy groups -OCH3 is 1. The second-order valence-electron chi connectivity index (χ2n) is 1.47. The van der Waals surface area contributed by atoms with Crippen molar-refractivity contribution in [1.82, 2.24) is 0 Å². The van der Waals surface area contributed by atoms with Crippen LogP contribution in [0.1, 0.15) is 9.67 Å². The van der Waals surface area contributed by atoms with Crippen LogP contribution in [0.5, 0.6) is 5.75 Å². The quantitative estimate of drug-likeness (QED) is 0.498. The van der Waals surface area contributed by atoms with Gasteiger partial charge in [-0.05, 0) is 10.3 Å². The Balaban J connectivity index is 3.26. The molecular formula is C5H4O3S2. The maximum absolute atomic E-state index is 10.8. The molecule has 0 aliphatic carbocycles. The van der Waals surface area contributed by atoms with E-state index in [1.807, 2.05) is 0 Å². The molecular weight excluding hydrogens is 172 g/mol. The van der Waals surface area contributed by atoms with Crippen LogP contribution in [0.4, 0.5) is 0 Å². The highest BCUT2D eigenvalue weighted by Gasteiger charge is 2.08. The monoisotopic (exact) mass is 176 g/mol. The minimum atomic E-state index is -0.186. The van der Waals surface area contributed by atoms with Gasteiger partial charge in [-0.2, -0.15) is 0 Å². The smallest absolute Gasteiger partial charge is 0.285 e. The average Bonchev–Trinajstić information content (AvgIpc) is 2.30. The van der Waals surface area contributed by atoms with Crippen molar-refractivity contribution in [3.05, 3.63) is 14.4 Å². The number of rotatable bonds is 2. The predicted octanol–water partition coefficient (Wildman–Crippen LogP) is 0.991. The van der Waals surface area contributed by atoms with Crippen LogP contribution in [0.25, 0.3) is 0 Å². The van der Waals surface area contributed by atoms with Crippen LogP contribution in [0.3, 0.4) is 0 Å². The molecule has 0 saturated heterocycles. The van der Waals surface area contributed by atoms with Crippen molar-refractivity contribution in [2.24, 2.45) is 0 Å². The van der Waals surface area contributed by atoms with Crippen LogP contribution in [0, 0.1) is 0 Å². The molecule has 0 bridgehead atoms. The molecule has 0 saturated carbocycles. The van der Waals surface area contributed by atoms with E-state index in [0.29, 0.717) is 11.2 Å². The normalized spacial score (nSPS) is 9.30. The van der Waals surface area contributed by atoms with E-state index < -0.39 is 0 Å². The largest absolute Gasteiger partial charge is 0.490 e. The highest BCUT2D eigenvalue weighted by molar-refractivity contribution is 7.69. The number of carbonyl (C=O) groups excluding carboxylic acids is 1. The zero-order chi connectivity index (χ0) is 7.56. The highest BCUT2D eigenvalue weighted by Crippen LogP contribution is 2.19. The Labute approximate surface area is 64.3 Å². The molecule has 0 aliphatic rings. The summed E-state index contributed by atoms with van der Waals surface area (Å²) >= 11 is 0. The highest BCUT2D eigenvalue weighted by atomic mass is 32.9. The van der Waals surface area contributed by atoms with E-state index in [1.54, 1.807) is 0 Å². The third-order valence-electron chi connectivity index (χ3n) is 0.927. The standard InChI is InChI=1S/C5H4O3S2/c1-8-4-3(2-6)9-10-5(4)7/h2H,1H3. The molecule has 1 rings (SSSR count). The van der Waals surface area contributed by atoms with Gasteiger partial charge in [0.2, 0.25) is 0 Å². The second kappa shape index (κ2) is 2.94. The van der Waals surface area contributed by atoms with Crippen molar-refractivity contribution >= 4 is 27.0 Å². The van der Waals surface area contributed by atoms with Gasteiger partial charge in [-0.3, -0.25) is 9.59 Å². The Bertz CT molecular complexity index is 285. The third kappa shape index (κ3) is 1.10. The fourth-order valence-electron chi connectivity index (χ4n) is 0.516. The summed E-state index contributed by atoms with van der Waals surface area (Å²) in [5, 5.41) is 0. The second-order valence-corrected chi connectivity index (χ2v) is 3.61. The molecule has 3 nitrogen and oxygen atoms in total. The average molecular weight is 176 g/mol. The lowest BCUT2D eigenvalue weighted by Crippen LogP contribution is -1.97. The predicted molar refractivity (Wildman–Crippen MR) is 40.4 cm³/mol. The van der Waals surface area contributed by atoms with Gasteiger partial charge in [0, 0.05) is 0 Å². The SMILES string of the molecule is COc1c(C=O)ssc1=O. The van der Waals surface area contributed by atoms with Gasteiger partial charge in [-0.1, -0.05) is 10.3 Å². The van der Waals surface area contributed by atoms with Crippen LogP contribution in [0.15, 0.2) is 4.79 Å². The molecule has 0 unspecified atom stereocenters. The van der Waals surface area contributed by atoms with Gasteiger partial charge < -0.3 is 4.74 Å². The zero-order valence-electron chi connectivity index (χ0n) is 5.12. The molecule has 0 aliphatic heterocycles. The van der Waals surface area contributed by atoms with E-state index in [-0.39, 0.29) is 10.5 Å². The minimum absolute atomic E-state index is 0.171. The lowest BCUT2D eigenvalue weighted by Gasteiger charge is -1.89. The van der Waals surface area contributed by atoms with E-state index >= 15 is 0 Å². The van der Waals surface area contributed by atoms with Crippen molar-refractivity contribution in [2.75, 3.05) is 7.11 Å². The number of hydrogen-bond donors (Lipinski definition) is 0. The first-order valence-corrected chi connectivity index (χ1v) is 4.57. The number of carbonyl (C=O) groups is 1. The summed E-state index contributed by atoms with van der Waals surface area (Å²) in [6.45, 7) is 0. The van der Waals surface area contributed by atoms with E-state index in [0.717, 1.165) is 20.7 Å². The van der Waals surface area contributed by atoms with E-state index in [1.165, 1.54) is 7.11 Å². The van der Waals surface area contributed by atoms with Crippen molar-refractivity contribution in [2.45, 2.75) is 0 Å².